The first-order valence-electron chi connectivity index (χ1n) is 4.39. The van der Waals surface area contributed by atoms with E-state index in [1.54, 1.807) is 0 Å². The molecule has 0 heterocycles. The Labute approximate surface area is 79.1 Å². The van der Waals surface area contributed by atoms with E-state index in [9.17, 15) is 9.90 Å². The smallest absolute Gasteiger partial charge is 0.313 e. The van der Waals surface area contributed by atoms with E-state index in [0.717, 1.165) is 0 Å². The van der Waals surface area contributed by atoms with Gasteiger partial charge in [-0.15, -0.1) is 6.58 Å². The molecule has 0 spiro atoms. The summed E-state index contributed by atoms with van der Waals surface area (Å²) in [5, 5.41) is 18.7. The SMILES string of the molecule is C=C[C@@H](C(=O)O)[C@@](C)(O)CC(C)C. The topological polar surface area (TPSA) is 57.5 Å². The summed E-state index contributed by atoms with van der Waals surface area (Å²) in [5.41, 5.74) is -1.21. The molecule has 0 aromatic heterocycles. The lowest BCUT2D eigenvalue weighted by Gasteiger charge is -2.29. The maximum absolute atomic E-state index is 10.7. The molecule has 0 aliphatic heterocycles. The molecule has 0 bridgehead atoms. The Balaban J connectivity index is 4.56. The van der Waals surface area contributed by atoms with Gasteiger partial charge in [-0.25, -0.2) is 0 Å². The molecule has 0 aromatic carbocycles. The second kappa shape index (κ2) is 4.42. The molecule has 0 aliphatic carbocycles. The van der Waals surface area contributed by atoms with E-state index in [1.165, 1.54) is 13.0 Å². The summed E-state index contributed by atoms with van der Waals surface area (Å²) < 4.78 is 0. The van der Waals surface area contributed by atoms with Crippen LogP contribution in [0.25, 0.3) is 0 Å². The van der Waals surface area contributed by atoms with Gasteiger partial charge in [-0.1, -0.05) is 19.9 Å². The largest absolute Gasteiger partial charge is 0.481 e. The number of hydrogen-bond acceptors (Lipinski definition) is 2. The van der Waals surface area contributed by atoms with Crippen molar-refractivity contribution in [3.63, 3.8) is 0 Å². The van der Waals surface area contributed by atoms with Crippen molar-refractivity contribution in [3.8, 4) is 0 Å². The molecular formula is C10H18O3. The van der Waals surface area contributed by atoms with Gasteiger partial charge in [0, 0.05) is 0 Å². The lowest BCUT2D eigenvalue weighted by molar-refractivity contribution is -0.148. The van der Waals surface area contributed by atoms with E-state index in [1.807, 2.05) is 13.8 Å². The Morgan fingerprint density at radius 3 is 2.31 bits per heavy atom. The third kappa shape index (κ3) is 3.59. The molecule has 0 saturated carbocycles. The van der Waals surface area contributed by atoms with Crippen molar-refractivity contribution in [2.75, 3.05) is 0 Å². The zero-order valence-corrected chi connectivity index (χ0v) is 8.45. The number of carbonyl (C=O) groups is 1. The molecule has 2 atom stereocenters. The normalized spacial score (nSPS) is 17.9. The molecule has 76 valence electrons. The Morgan fingerprint density at radius 2 is 2.08 bits per heavy atom. The van der Waals surface area contributed by atoms with E-state index in [-0.39, 0.29) is 5.92 Å². The van der Waals surface area contributed by atoms with Gasteiger partial charge >= 0.3 is 5.97 Å². The fourth-order valence-electron chi connectivity index (χ4n) is 1.57. The molecule has 0 amide bonds. The fourth-order valence-corrected chi connectivity index (χ4v) is 1.57. The summed E-state index contributed by atoms with van der Waals surface area (Å²) in [4.78, 5) is 10.7. The zero-order chi connectivity index (χ0) is 10.6. The molecule has 0 aliphatic rings. The summed E-state index contributed by atoms with van der Waals surface area (Å²) in [6.07, 6.45) is 1.74. The van der Waals surface area contributed by atoms with Crippen LogP contribution in [0.15, 0.2) is 12.7 Å². The zero-order valence-electron chi connectivity index (χ0n) is 8.45. The highest BCUT2D eigenvalue weighted by molar-refractivity contribution is 5.73. The van der Waals surface area contributed by atoms with Crippen LogP contribution in [0.5, 0.6) is 0 Å². The predicted molar refractivity (Wildman–Crippen MR) is 51.4 cm³/mol. The second-order valence-electron chi connectivity index (χ2n) is 4.01. The van der Waals surface area contributed by atoms with Crippen LogP contribution in [0, 0.1) is 11.8 Å². The van der Waals surface area contributed by atoms with Crippen molar-refractivity contribution < 1.29 is 15.0 Å². The number of aliphatic carboxylic acids is 1. The number of rotatable bonds is 5. The van der Waals surface area contributed by atoms with Crippen LogP contribution in [0.1, 0.15) is 27.2 Å². The standard InChI is InChI=1S/C10H18O3/c1-5-8(9(11)12)10(4,13)6-7(2)3/h5,7-8,13H,1,6H2,2-4H3,(H,11,12)/t8-,10-/m0/s1. The highest BCUT2D eigenvalue weighted by Crippen LogP contribution is 2.26. The average Bonchev–Trinajstić information content (AvgIpc) is 1.82. The molecule has 13 heavy (non-hydrogen) atoms. The third-order valence-electron chi connectivity index (χ3n) is 1.99. The molecule has 0 saturated heterocycles. The molecule has 0 aromatic rings. The van der Waals surface area contributed by atoms with Crippen LogP contribution in [0.4, 0.5) is 0 Å². The molecule has 3 nitrogen and oxygen atoms in total. The lowest BCUT2D eigenvalue weighted by atomic mass is 9.82. The van der Waals surface area contributed by atoms with Gasteiger partial charge in [-0.05, 0) is 19.3 Å². The van der Waals surface area contributed by atoms with Crippen molar-refractivity contribution in [1.29, 1.82) is 0 Å². The van der Waals surface area contributed by atoms with Crippen molar-refractivity contribution >= 4 is 5.97 Å². The maximum Gasteiger partial charge on any atom is 0.313 e. The summed E-state index contributed by atoms with van der Waals surface area (Å²) in [5.74, 6) is -1.66. The van der Waals surface area contributed by atoms with E-state index < -0.39 is 17.5 Å². The van der Waals surface area contributed by atoms with Crippen LogP contribution in [0.3, 0.4) is 0 Å². The van der Waals surface area contributed by atoms with Crippen molar-refractivity contribution in [2.24, 2.45) is 11.8 Å². The van der Waals surface area contributed by atoms with Crippen LogP contribution in [-0.2, 0) is 4.79 Å². The predicted octanol–water partition coefficient (Wildman–Crippen LogP) is 1.67. The molecule has 0 radical (unpaired) electrons. The molecular weight excluding hydrogens is 168 g/mol. The minimum Gasteiger partial charge on any atom is -0.481 e. The molecule has 0 unspecified atom stereocenters. The van der Waals surface area contributed by atoms with Gasteiger partial charge < -0.3 is 10.2 Å². The summed E-state index contributed by atoms with van der Waals surface area (Å²) >= 11 is 0. The van der Waals surface area contributed by atoms with Crippen LogP contribution < -0.4 is 0 Å². The molecule has 0 fully saturated rings. The first-order chi connectivity index (χ1) is 5.81. The quantitative estimate of drug-likeness (QED) is 0.642. The van der Waals surface area contributed by atoms with Gasteiger partial charge in [0.25, 0.3) is 0 Å². The van der Waals surface area contributed by atoms with Gasteiger partial charge in [-0.3, -0.25) is 4.79 Å². The van der Waals surface area contributed by atoms with Gasteiger partial charge in [0.05, 0.1) is 5.60 Å². The highest BCUT2D eigenvalue weighted by atomic mass is 16.4. The molecule has 3 heteroatoms. The third-order valence-corrected chi connectivity index (χ3v) is 1.99. The Hall–Kier alpha value is -0.830. The first-order valence-corrected chi connectivity index (χ1v) is 4.39. The van der Waals surface area contributed by atoms with Gasteiger partial charge in [0.2, 0.25) is 0 Å². The monoisotopic (exact) mass is 186 g/mol. The van der Waals surface area contributed by atoms with Crippen molar-refractivity contribution in [1.82, 2.24) is 0 Å². The first kappa shape index (κ1) is 12.2. The summed E-state index contributed by atoms with van der Waals surface area (Å²) in [7, 11) is 0. The molecule has 2 N–H and O–H groups in total. The number of carboxylic acid groups (broad SMARTS) is 1. The Bertz CT molecular complexity index is 194. The highest BCUT2D eigenvalue weighted by Gasteiger charge is 2.35. The number of carboxylic acids is 1. The van der Waals surface area contributed by atoms with E-state index >= 15 is 0 Å². The van der Waals surface area contributed by atoms with E-state index in [2.05, 4.69) is 6.58 Å². The van der Waals surface area contributed by atoms with Crippen LogP contribution in [0.2, 0.25) is 0 Å². The van der Waals surface area contributed by atoms with Crippen LogP contribution >= 0.6 is 0 Å². The van der Waals surface area contributed by atoms with Crippen molar-refractivity contribution in [2.45, 2.75) is 32.8 Å². The summed E-state index contributed by atoms with van der Waals surface area (Å²) in [6.45, 7) is 8.83. The van der Waals surface area contributed by atoms with Gasteiger partial charge in [-0.2, -0.15) is 0 Å². The Kier molecular flexibility index (Phi) is 4.14. The number of aliphatic hydroxyl groups is 1. The molecule has 0 rings (SSSR count). The van der Waals surface area contributed by atoms with Gasteiger partial charge in [0.15, 0.2) is 0 Å². The van der Waals surface area contributed by atoms with Crippen molar-refractivity contribution in [3.05, 3.63) is 12.7 Å². The average molecular weight is 186 g/mol. The van der Waals surface area contributed by atoms with Crippen LogP contribution in [-0.4, -0.2) is 21.8 Å². The number of hydrogen-bond donors (Lipinski definition) is 2. The minimum atomic E-state index is -1.21. The Morgan fingerprint density at radius 1 is 1.62 bits per heavy atom. The van der Waals surface area contributed by atoms with E-state index in [4.69, 9.17) is 5.11 Å². The van der Waals surface area contributed by atoms with Gasteiger partial charge in [0.1, 0.15) is 5.92 Å². The maximum atomic E-state index is 10.7. The summed E-state index contributed by atoms with van der Waals surface area (Å²) in [6, 6.07) is 0. The van der Waals surface area contributed by atoms with E-state index in [0.29, 0.717) is 6.42 Å². The fraction of sp³-hybridized carbons (Fsp3) is 0.700. The second-order valence-corrected chi connectivity index (χ2v) is 4.01. The minimum absolute atomic E-state index is 0.261. The lowest BCUT2D eigenvalue weighted by Crippen LogP contribution is -2.39.